The number of benzene rings is 2. The van der Waals surface area contributed by atoms with Gasteiger partial charge in [0.25, 0.3) is 5.56 Å². The van der Waals surface area contributed by atoms with E-state index in [1.807, 2.05) is 17.5 Å². The van der Waals surface area contributed by atoms with Crippen molar-refractivity contribution in [2.45, 2.75) is 32.5 Å². The normalized spacial score (nSPS) is 12.2. The van der Waals surface area contributed by atoms with E-state index >= 15 is 0 Å². The molecule has 2 heterocycles. The summed E-state index contributed by atoms with van der Waals surface area (Å²) in [5.74, 6) is -0.0976. The Morgan fingerprint density at radius 1 is 1.13 bits per heavy atom. The molecule has 2 aromatic carbocycles. The lowest BCUT2D eigenvalue weighted by Gasteiger charge is -2.20. The molecule has 0 aliphatic heterocycles. The summed E-state index contributed by atoms with van der Waals surface area (Å²) in [6, 6.07) is 19.7. The number of carbonyl (C=O) groups is 1. The number of aryl methyl sites for hydroxylation is 1. The molecule has 1 atom stereocenters. The zero-order valence-electron chi connectivity index (χ0n) is 17.2. The number of carbonyl (C=O) groups excluding carboxylic acids is 1. The van der Waals surface area contributed by atoms with E-state index in [0.717, 1.165) is 16.9 Å². The van der Waals surface area contributed by atoms with Crippen LogP contribution in [0, 0.1) is 0 Å². The third-order valence-electron chi connectivity index (χ3n) is 5.27. The van der Waals surface area contributed by atoms with E-state index < -0.39 is 5.91 Å². The highest BCUT2D eigenvalue weighted by Gasteiger charge is 2.18. The largest absolute Gasteiger partial charge is 0.368 e. The van der Waals surface area contributed by atoms with Crippen LogP contribution in [-0.2, 0) is 24.3 Å². The van der Waals surface area contributed by atoms with E-state index in [1.54, 1.807) is 29.5 Å². The van der Waals surface area contributed by atoms with Crippen molar-refractivity contribution in [3.8, 4) is 0 Å². The van der Waals surface area contributed by atoms with Crippen LogP contribution in [0.3, 0.4) is 0 Å². The molecule has 0 fully saturated rings. The van der Waals surface area contributed by atoms with Gasteiger partial charge in [0.05, 0.1) is 23.5 Å². The Hall–Kier alpha value is -3.29. The lowest BCUT2D eigenvalue weighted by Crippen LogP contribution is -2.34. The van der Waals surface area contributed by atoms with Gasteiger partial charge < -0.3 is 5.73 Å². The van der Waals surface area contributed by atoms with Gasteiger partial charge in [-0.05, 0) is 41.1 Å². The first-order valence-corrected chi connectivity index (χ1v) is 11.1. The lowest BCUT2D eigenvalue weighted by molar-refractivity contribution is -0.118. The molecule has 0 bridgehead atoms. The predicted octanol–water partition coefficient (Wildman–Crippen LogP) is 3.38. The fraction of sp³-hybridized carbons (Fsp3) is 0.208. The van der Waals surface area contributed by atoms with Crippen molar-refractivity contribution < 1.29 is 4.79 Å². The molecule has 0 unspecified atom stereocenters. The number of hydrogen-bond donors (Lipinski definition) is 2. The molecule has 4 aromatic rings. The molecule has 7 heteroatoms. The molecule has 31 heavy (non-hydrogen) atoms. The first-order valence-electron chi connectivity index (χ1n) is 10.2. The standard InChI is InChI=1S/C24H24N4O2S/c1-2-16-9-11-17(12-10-16)23(20-8-5-13-31-20)26-14-22-27-19-7-4-3-6-18(19)24(30)28(22)15-21(25)29/h3-13,23,26H,2,14-15H2,1H3,(H2,25,29)/t23-/m1/s1. The van der Waals surface area contributed by atoms with Crippen molar-refractivity contribution in [1.82, 2.24) is 14.9 Å². The molecule has 158 valence electrons. The number of hydrogen-bond acceptors (Lipinski definition) is 5. The number of fused-ring (bicyclic) bond motifs is 1. The van der Waals surface area contributed by atoms with Crippen LogP contribution in [0.4, 0.5) is 0 Å². The lowest BCUT2D eigenvalue weighted by atomic mass is 10.0. The second-order valence-electron chi connectivity index (χ2n) is 7.33. The van der Waals surface area contributed by atoms with E-state index in [-0.39, 0.29) is 18.1 Å². The number of rotatable bonds is 8. The summed E-state index contributed by atoms with van der Waals surface area (Å²) in [5, 5.41) is 6.05. The molecule has 0 saturated heterocycles. The van der Waals surface area contributed by atoms with E-state index in [9.17, 15) is 9.59 Å². The fourth-order valence-electron chi connectivity index (χ4n) is 3.65. The first-order chi connectivity index (χ1) is 15.1. The van der Waals surface area contributed by atoms with Crippen molar-refractivity contribution in [3.05, 3.63) is 98.2 Å². The van der Waals surface area contributed by atoms with E-state index in [4.69, 9.17) is 5.73 Å². The van der Waals surface area contributed by atoms with Gasteiger partial charge >= 0.3 is 0 Å². The molecule has 6 nitrogen and oxygen atoms in total. The van der Waals surface area contributed by atoms with Gasteiger partial charge in [-0.2, -0.15) is 0 Å². The van der Waals surface area contributed by atoms with Gasteiger partial charge in [0.1, 0.15) is 12.4 Å². The van der Waals surface area contributed by atoms with Gasteiger partial charge in [-0.1, -0.05) is 49.4 Å². The minimum atomic E-state index is -0.578. The van der Waals surface area contributed by atoms with Gasteiger partial charge in [0, 0.05) is 4.88 Å². The second kappa shape index (κ2) is 9.24. The number of nitrogens with two attached hydrogens (primary N) is 1. The summed E-state index contributed by atoms with van der Waals surface area (Å²) in [7, 11) is 0. The summed E-state index contributed by atoms with van der Waals surface area (Å²) < 4.78 is 1.36. The number of nitrogens with zero attached hydrogens (tertiary/aromatic N) is 2. The van der Waals surface area contributed by atoms with Crippen molar-refractivity contribution in [2.75, 3.05) is 0 Å². The van der Waals surface area contributed by atoms with E-state index in [0.29, 0.717) is 23.3 Å². The van der Waals surface area contributed by atoms with Gasteiger partial charge in [-0.3, -0.25) is 19.5 Å². The van der Waals surface area contributed by atoms with Crippen LogP contribution in [0.25, 0.3) is 10.9 Å². The van der Waals surface area contributed by atoms with Gasteiger partial charge in [0.15, 0.2) is 0 Å². The zero-order chi connectivity index (χ0) is 21.8. The molecule has 0 spiro atoms. The maximum Gasteiger partial charge on any atom is 0.261 e. The highest BCUT2D eigenvalue weighted by Crippen LogP contribution is 2.27. The van der Waals surface area contributed by atoms with E-state index in [2.05, 4.69) is 47.6 Å². The molecule has 0 aliphatic rings. The monoisotopic (exact) mass is 432 g/mol. The summed E-state index contributed by atoms with van der Waals surface area (Å²) in [6.07, 6.45) is 0.984. The molecular weight excluding hydrogens is 408 g/mol. The van der Waals surface area contributed by atoms with Crippen molar-refractivity contribution in [3.63, 3.8) is 0 Å². The zero-order valence-corrected chi connectivity index (χ0v) is 18.1. The minimum absolute atomic E-state index is 0.0590. The highest BCUT2D eigenvalue weighted by atomic mass is 32.1. The Kier molecular flexibility index (Phi) is 6.25. The van der Waals surface area contributed by atoms with Crippen LogP contribution in [0.15, 0.2) is 70.8 Å². The van der Waals surface area contributed by atoms with Crippen LogP contribution in [0.5, 0.6) is 0 Å². The molecular formula is C24H24N4O2S. The smallest absolute Gasteiger partial charge is 0.261 e. The average Bonchev–Trinajstić information content (AvgIpc) is 3.31. The highest BCUT2D eigenvalue weighted by molar-refractivity contribution is 7.10. The van der Waals surface area contributed by atoms with Crippen molar-refractivity contribution >= 4 is 28.1 Å². The summed E-state index contributed by atoms with van der Waals surface area (Å²) in [5.41, 5.74) is 8.16. The average molecular weight is 433 g/mol. The van der Waals surface area contributed by atoms with Gasteiger partial charge in [0.2, 0.25) is 5.91 Å². The minimum Gasteiger partial charge on any atom is -0.368 e. The fourth-order valence-corrected chi connectivity index (χ4v) is 4.47. The SMILES string of the molecule is CCc1ccc([C@@H](NCc2nc3ccccc3c(=O)n2CC(N)=O)c2cccs2)cc1. The maximum atomic E-state index is 13.0. The Morgan fingerprint density at radius 2 is 1.90 bits per heavy atom. The molecule has 1 amide bonds. The van der Waals surface area contributed by atoms with Gasteiger partial charge in [-0.15, -0.1) is 11.3 Å². The third-order valence-corrected chi connectivity index (χ3v) is 6.21. The van der Waals surface area contributed by atoms with Crippen molar-refractivity contribution in [1.29, 1.82) is 0 Å². The molecule has 2 aromatic heterocycles. The molecule has 0 aliphatic carbocycles. The van der Waals surface area contributed by atoms with Gasteiger partial charge in [-0.25, -0.2) is 4.98 Å². The Bertz CT molecular complexity index is 1250. The number of thiophene rings is 1. The van der Waals surface area contributed by atoms with Crippen LogP contribution in [0.1, 0.15) is 34.8 Å². The maximum absolute atomic E-state index is 13.0. The second-order valence-corrected chi connectivity index (χ2v) is 8.31. The Balaban J connectivity index is 1.71. The summed E-state index contributed by atoms with van der Waals surface area (Å²) in [4.78, 5) is 30.4. The molecule has 0 saturated carbocycles. The topological polar surface area (TPSA) is 90.0 Å². The summed E-state index contributed by atoms with van der Waals surface area (Å²) >= 11 is 1.67. The van der Waals surface area contributed by atoms with Crippen LogP contribution in [-0.4, -0.2) is 15.5 Å². The predicted molar refractivity (Wildman–Crippen MR) is 124 cm³/mol. The number of amides is 1. The number of aromatic nitrogens is 2. The quantitative estimate of drug-likeness (QED) is 0.447. The van der Waals surface area contributed by atoms with Crippen LogP contribution >= 0.6 is 11.3 Å². The molecule has 0 radical (unpaired) electrons. The summed E-state index contributed by atoms with van der Waals surface area (Å²) in [6.45, 7) is 2.24. The van der Waals surface area contributed by atoms with Crippen molar-refractivity contribution in [2.24, 2.45) is 5.73 Å². The van der Waals surface area contributed by atoms with E-state index in [1.165, 1.54) is 10.1 Å². The number of nitrogens with one attached hydrogen (secondary N) is 1. The Morgan fingerprint density at radius 3 is 2.58 bits per heavy atom. The molecule has 3 N–H and O–H groups in total. The Labute approximate surface area is 184 Å². The number of para-hydroxylation sites is 1. The van der Waals surface area contributed by atoms with Crippen LogP contribution < -0.4 is 16.6 Å². The van der Waals surface area contributed by atoms with Crippen LogP contribution in [0.2, 0.25) is 0 Å². The number of primary amides is 1. The third kappa shape index (κ3) is 4.57. The first kappa shape index (κ1) is 21.0. The molecule has 4 rings (SSSR count).